The number of halogens is 1. The summed E-state index contributed by atoms with van der Waals surface area (Å²) in [6.45, 7) is 3.22. The predicted molar refractivity (Wildman–Crippen MR) is 108 cm³/mol. The highest BCUT2D eigenvalue weighted by atomic mass is 35.5. The van der Waals surface area contributed by atoms with Crippen LogP contribution in [0.1, 0.15) is 34.8 Å². The van der Waals surface area contributed by atoms with Crippen LogP contribution in [0.3, 0.4) is 0 Å². The standard InChI is InChI=1S/C21H24ClN3O3/c1-27-17-5-2-4-15(12-17)19-6-3-7-25(19)20-18(22)13-16(14-23-20)21(26)24-8-10-28-11-9-24/h2,4-5,12-14,19H,3,6-11H2,1H3. The fourth-order valence-corrected chi connectivity index (χ4v) is 4.20. The summed E-state index contributed by atoms with van der Waals surface area (Å²) in [5, 5.41) is 0.508. The highest BCUT2D eigenvalue weighted by Crippen LogP contribution is 2.39. The van der Waals surface area contributed by atoms with Gasteiger partial charge in [0.1, 0.15) is 11.6 Å². The number of carbonyl (C=O) groups excluding carboxylic acids is 1. The predicted octanol–water partition coefficient (Wildman–Crippen LogP) is 3.56. The van der Waals surface area contributed by atoms with Crippen LogP contribution in [0.25, 0.3) is 0 Å². The monoisotopic (exact) mass is 401 g/mol. The largest absolute Gasteiger partial charge is 0.497 e. The van der Waals surface area contributed by atoms with E-state index in [-0.39, 0.29) is 11.9 Å². The summed E-state index contributed by atoms with van der Waals surface area (Å²) in [5.41, 5.74) is 1.70. The summed E-state index contributed by atoms with van der Waals surface area (Å²) < 4.78 is 10.7. The minimum atomic E-state index is -0.0463. The molecule has 0 radical (unpaired) electrons. The quantitative estimate of drug-likeness (QED) is 0.784. The molecule has 0 saturated carbocycles. The second-order valence-electron chi connectivity index (χ2n) is 7.06. The van der Waals surface area contributed by atoms with Crippen LogP contribution in [0.15, 0.2) is 36.5 Å². The Morgan fingerprint density at radius 1 is 1.25 bits per heavy atom. The summed E-state index contributed by atoms with van der Waals surface area (Å²) in [6.07, 6.45) is 3.73. The van der Waals surface area contributed by atoms with E-state index < -0.39 is 0 Å². The number of aromatic nitrogens is 1. The number of nitrogens with zero attached hydrogens (tertiary/aromatic N) is 3. The second kappa shape index (κ2) is 8.37. The van der Waals surface area contributed by atoms with Crippen LogP contribution in [-0.4, -0.2) is 55.7 Å². The molecule has 0 aliphatic carbocycles. The van der Waals surface area contributed by atoms with E-state index >= 15 is 0 Å². The Morgan fingerprint density at radius 3 is 2.82 bits per heavy atom. The van der Waals surface area contributed by atoms with Gasteiger partial charge in [-0.3, -0.25) is 4.79 Å². The van der Waals surface area contributed by atoms with Crippen molar-refractivity contribution in [3.63, 3.8) is 0 Å². The molecule has 1 aromatic heterocycles. The first-order chi connectivity index (χ1) is 13.7. The Hall–Kier alpha value is -2.31. The molecule has 7 heteroatoms. The van der Waals surface area contributed by atoms with E-state index in [4.69, 9.17) is 21.1 Å². The normalized spacial score (nSPS) is 19.7. The molecule has 0 spiro atoms. The average molecular weight is 402 g/mol. The van der Waals surface area contributed by atoms with E-state index in [1.165, 1.54) is 5.56 Å². The third kappa shape index (κ3) is 3.80. The van der Waals surface area contributed by atoms with Gasteiger partial charge in [0.25, 0.3) is 5.91 Å². The maximum absolute atomic E-state index is 12.7. The number of benzene rings is 1. The minimum Gasteiger partial charge on any atom is -0.497 e. The second-order valence-corrected chi connectivity index (χ2v) is 7.47. The first-order valence-corrected chi connectivity index (χ1v) is 9.98. The fraction of sp³-hybridized carbons (Fsp3) is 0.429. The zero-order chi connectivity index (χ0) is 19.5. The van der Waals surface area contributed by atoms with Crippen molar-refractivity contribution < 1.29 is 14.3 Å². The van der Waals surface area contributed by atoms with Crippen LogP contribution in [-0.2, 0) is 4.74 Å². The van der Waals surface area contributed by atoms with Crippen molar-refractivity contribution in [3.8, 4) is 5.75 Å². The lowest BCUT2D eigenvalue weighted by Gasteiger charge is -2.28. The zero-order valence-electron chi connectivity index (χ0n) is 15.9. The number of ether oxygens (including phenoxy) is 2. The molecule has 28 heavy (non-hydrogen) atoms. The Bertz CT molecular complexity index is 855. The number of methoxy groups -OCH3 is 1. The first-order valence-electron chi connectivity index (χ1n) is 9.60. The number of hydrogen-bond acceptors (Lipinski definition) is 5. The molecule has 6 nitrogen and oxygen atoms in total. The van der Waals surface area contributed by atoms with E-state index in [0.717, 1.165) is 31.0 Å². The molecule has 0 N–H and O–H groups in total. The van der Waals surface area contributed by atoms with Crippen LogP contribution in [0.4, 0.5) is 5.82 Å². The van der Waals surface area contributed by atoms with Gasteiger partial charge in [-0.1, -0.05) is 23.7 Å². The number of carbonyl (C=O) groups is 1. The molecule has 2 aliphatic rings. The lowest BCUT2D eigenvalue weighted by Crippen LogP contribution is -2.40. The maximum Gasteiger partial charge on any atom is 0.255 e. The minimum absolute atomic E-state index is 0.0463. The summed E-state index contributed by atoms with van der Waals surface area (Å²) >= 11 is 6.58. The van der Waals surface area contributed by atoms with Crippen LogP contribution in [0.2, 0.25) is 5.02 Å². The van der Waals surface area contributed by atoms with Gasteiger partial charge in [0, 0.05) is 25.8 Å². The van der Waals surface area contributed by atoms with E-state index in [1.54, 1.807) is 24.3 Å². The Morgan fingerprint density at radius 2 is 2.07 bits per heavy atom. The Labute approximate surface area is 170 Å². The van der Waals surface area contributed by atoms with Gasteiger partial charge in [0.15, 0.2) is 0 Å². The molecule has 2 saturated heterocycles. The number of anilines is 1. The summed E-state index contributed by atoms with van der Waals surface area (Å²) in [6, 6.07) is 10.1. The SMILES string of the molecule is COc1cccc(C2CCCN2c2ncc(C(=O)N3CCOCC3)cc2Cl)c1. The van der Waals surface area contributed by atoms with Crippen molar-refractivity contribution in [2.45, 2.75) is 18.9 Å². The third-order valence-corrected chi connectivity index (χ3v) is 5.65. The summed E-state index contributed by atoms with van der Waals surface area (Å²) in [5.74, 6) is 1.52. The van der Waals surface area contributed by atoms with Crippen molar-refractivity contribution in [1.29, 1.82) is 0 Å². The maximum atomic E-state index is 12.7. The summed E-state index contributed by atoms with van der Waals surface area (Å²) in [7, 11) is 1.67. The van der Waals surface area contributed by atoms with Gasteiger partial charge >= 0.3 is 0 Å². The van der Waals surface area contributed by atoms with Crippen molar-refractivity contribution in [3.05, 3.63) is 52.7 Å². The number of pyridine rings is 1. The van der Waals surface area contributed by atoms with Crippen LogP contribution in [0, 0.1) is 0 Å². The van der Waals surface area contributed by atoms with Gasteiger partial charge in [-0.25, -0.2) is 4.98 Å². The average Bonchev–Trinajstić information content (AvgIpc) is 3.23. The van der Waals surface area contributed by atoms with Gasteiger partial charge in [0.2, 0.25) is 0 Å². The molecule has 0 bridgehead atoms. The Balaban J connectivity index is 1.57. The van der Waals surface area contributed by atoms with E-state index in [9.17, 15) is 4.79 Å². The number of rotatable bonds is 4. The van der Waals surface area contributed by atoms with Gasteiger partial charge in [-0.15, -0.1) is 0 Å². The van der Waals surface area contributed by atoms with E-state index in [2.05, 4.69) is 22.0 Å². The van der Waals surface area contributed by atoms with Crippen LogP contribution in [0.5, 0.6) is 5.75 Å². The smallest absolute Gasteiger partial charge is 0.255 e. The molecule has 1 atom stereocenters. The zero-order valence-corrected chi connectivity index (χ0v) is 16.7. The Kier molecular flexibility index (Phi) is 5.69. The number of hydrogen-bond donors (Lipinski definition) is 0. The summed E-state index contributed by atoms with van der Waals surface area (Å²) in [4.78, 5) is 21.3. The van der Waals surface area contributed by atoms with Gasteiger partial charge in [-0.2, -0.15) is 0 Å². The van der Waals surface area contributed by atoms with Crippen molar-refractivity contribution >= 4 is 23.3 Å². The molecule has 1 amide bonds. The van der Waals surface area contributed by atoms with Crippen molar-refractivity contribution in [2.24, 2.45) is 0 Å². The first kappa shape index (κ1) is 19.0. The molecule has 2 aromatic rings. The molecule has 4 rings (SSSR count). The highest BCUT2D eigenvalue weighted by molar-refractivity contribution is 6.33. The van der Waals surface area contributed by atoms with E-state index in [1.807, 2.05) is 12.1 Å². The topological polar surface area (TPSA) is 54.9 Å². The van der Waals surface area contributed by atoms with Crippen molar-refractivity contribution in [2.75, 3.05) is 44.9 Å². The molecule has 148 valence electrons. The third-order valence-electron chi connectivity index (χ3n) is 5.37. The fourth-order valence-electron chi connectivity index (χ4n) is 3.92. The lowest BCUT2D eigenvalue weighted by molar-refractivity contribution is 0.0302. The van der Waals surface area contributed by atoms with Crippen LogP contribution < -0.4 is 9.64 Å². The van der Waals surface area contributed by atoms with Gasteiger partial charge in [-0.05, 0) is 36.6 Å². The molecular formula is C21H24ClN3O3. The highest BCUT2D eigenvalue weighted by Gasteiger charge is 2.29. The molecule has 2 aliphatic heterocycles. The molecule has 3 heterocycles. The van der Waals surface area contributed by atoms with Gasteiger partial charge < -0.3 is 19.3 Å². The van der Waals surface area contributed by atoms with Crippen LogP contribution >= 0.6 is 11.6 Å². The van der Waals surface area contributed by atoms with E-state index in [0.29, 0.717) is 36.9 Å². The molecule has 1 unspecified atom stereocenters. The molecule has 2 fully saturated rings. The molecular weight excluding hydrogens is 378 g/mol. The van der Waals surface area contributed by atoms with Gasteiger partial charge in [0.05, 0.1) is 37.0 Å². The molecule has 1 aromatic carbocycles. The lowest BCUT2D eigenvalue weighted by atomic mass is 10.0. The number of amides is 1. The van der Waals surface area contributed by atoms with Crippen molar-refractivity contribution in [1.82, 2.24) is 9.88 Å². The number of morpholine rings is 1.